The maximum atomic E-state index is 11.7. The topological polar surface area (TPSA) is 73.8 Å². The average molecular weight is 460 g/mol. The molecule has 0 bridgehead atoms. The molecule has 1 atom stereocenters. The lowest BCUT2D eigenvalue weighted by Crippen LogP contribution is -2.45. The van der Waals surface area contributed by atoms with Crippen LogP contribution in [0.15, 0.2) is 4.99 Å². The second-order valence-electron chi connectivity index (χ2n) is 6.44. The highest BCUT2D eigenvalue weighted by Gasteiger charge is 2.27. The lowest BCUT2D eigenvalue weighted by Gasteiger charge is -2.20. The van der Waals surface area contributed by atoms with Gasteiger partial charge in [0.15, 0.2) is 5.96 Å². The second kappa shape index (κ2) is 11.5. The van der Waals surface area contributed by atoms with E-state index >= 15 is 0 Å². The van der Waals surface area contributed by atoms with Gasteiger partial charge in [0.1, 0.15) is 0 Å². The van der Waals surface area contributed by atoms with Crippen molar-refractivity contribution in [1.82, 2.24) is 14.9 Å². The SMILES string of the molecule is CN=C(NCCN1CCCS1(=O)=O)NC(C)CCCC(C)C.I. The molecule has 8 heteroatoms. The van der Waals surface area contributed by atoms with Gasteiger partial charge in [0.05, 0.1) is 5.75 Å². The molecule has 1 aliphatic rings. The van der Waals surface area contributed by atoms with E-state index in [1.165, 1.54) is 12.8 Å². The lowest BCUT2D eigenvalue weighted by atomic mass is 10.0. The fourth-order valence-corrected chi connectivity index (χ4v) is 4.10. The van der Waals surface area contributed by atoms with Gasteiger partial charge in [0.25, 0.3) is 0 Å². The summed E-state index contributed by atoms with van der Waals surface area (Å²) >= 11 is 0. The third-order valence-corrected chi connectivity index (χ3v) is 5.84. The van der Waals surface area contributed by atoms with Crippen molar-refractivity contribution in [2.45, 2.75) is 52.5 Å². The molecular formula is C15H33IN4O2S. The molecule has 0 spiro atoms. The van der Waals surface area contributed by atoms with Gasteiger partial charge in [-0.15, -0.1) is 24.0 Å². The van der Waals surface area contributed by atoms with Crippen molar-refractivity contribution in [1.29, 1.82) is 0 Å². The predicted molar refractivity (Wildman–Crippen MR) is 108 cm³/mol. The van der Waals surface area contributed by atoms with E-state index in [0.717, 1.165) is 24.7 Å². The van der Waals surface area contributed by atoms with Crippen LogP contribution in [0.2, 0.25) is 0 Å². The van der Waals surface area contributed by atoms with Gasteiger partial charge >= 0.3 is 0 Å². The number of hydrogen-bond acceptors (Lipinski definition) is 3. The maximum absolute atomic E-state index is 11.7. The van der Waals surface area contributed by atoms with Crippen molar-refractivity contribution in [2.24, 2.45) is 10.9 Å². The van der Waals surface area contributed by atoms with Crippen LogP contribution in [0.3, 0.4) is 0 Å². The molecule has 0 aromatic rings. The molecule has 0 radical (unpaired) electrons. The highest BCUT2D eigenvalue weighted by Crippen LogP contribution is 2.11. The normalized spacial score (nSPS) is 19.4. The molecule has 0 aromatic heterocycles. The Morgan fingerprint density at radius 2 is 1.96 bits per heavy atom. The van der Waals surface area contributed by atoms with Crippen LogP contribution >= 0.6 is 24.0 Å². The van der Waals surface area contributed by atoms with E-state index in [1.54, 1.807) is 11.4 Å². The summed E-state index contributed by atoms with van der Waals surface area (Å²) in [5.41, 5.74) is 0. The number of guanidine groups is 1. The third-order valence-electron chi connectivity index (χ3n) is 3.88. The van der Waals surface area contributed by atoms with Crippen molar-refractivity contribution < 1.29 is 8.42 Å². The monoisotopic (exact) mass is 460 g/mol. The zero-order chi connectivity index (χ0) is 16.6. The standard InChI is InChI=1S/C15H32N4O2S.HI/c1-13(2)7-5-8-14(3)18-15(16-4)17-9-11-19-10-6-12-22(19,20)21;/h13-14H,5-12H2,1-4H3,(H2,16,17,18);1H. The van der Waals surface area contributed by atoms with E-state index in [4.69, 9.17) is 0 Å². The van der Waals surface area contributed by atoms with E-state index in [2.05, 4.69) is 36.4 Å². The summed E-state index contributed by atoms with van der Waals surface area (Å²) < 4.78 is 25.0. The Morgan fingerprint density at radius 3 is 2.48 bits per heavy atom. The number of sulfonamides is 1. The number of nitrogens with zero attached hydrogens (tertiary/aromatic N) is 2. The Balaban J connectivity index is 0.00000484. The van der Waals surface area contributed by atoms with E-state index in [1.807, 2.05) is 0 Å². The first-order valence-electron chi connectivity index (χ1n) is 8.30. The average Bonchev–Trinajstić information content (AvgIpc) is 2.76. The first-order chi connectivity index (χ1) is 10.3. The van der Waals surface area contributed by atoms with Crippen LogP contribution in [-0.4, -0.2) is 57.2 Å². The Bertz CT molecular complexity index is 454. The quantitative estimate of drug-likeness (QED) is 0.330. The predicted octanol–water partition coefficient (Wildman–Crippen LogP) is 2.02. The highest BCUT2D eigenvalue weighted by molar-refractivity contribution is 14.0. The van der Waals surface area contributed by atoms with Gasteiger partial charge in [0.2, 0.25) is 10.0 Å². The second-order valence-corrected chi connectivity index (χ2v) is 8.53. The summed E-state index contributed by atoms with van der Waals surface area (Å²) in [5, 5.41) is 6.55. The Morgan fingerprint density at radius 1 is 1.26 bits per heavy atom. The van der Waals surface area contributed by atoms with Gasteiger partial charge in [-0.2, -0.15) is 0 Å². The molecule has 0 saturated carbocycles. The number of aliphatic imine (C=N–C) groups is 1. The molecule has 1 saturated heterocycles. The summed E-state index contributed by atoms with van der Waals surface area (Å²) in [5.74, 6) is 1.77. The molecule has 23 heavy (non-hydrogen) atoms. The molecule has 0 amide bonds. The van der Waals surface area contributed by atoms with Crippen molar-refractivity contribution >= 4 is 40.0 Å². The van der Waals surface area contributed by atoms with Gasteiger partial charge in [-0.05, 0) is 25.7 Å². The molecule has 1 unspecified atom stereocenters. The molecule has 0 aromatic carbocycles. The minimum atomic E-state index is -3.00. The largest absolute Gasteiger partial charge is 0.355 e. The van der Waals surface area contributed by atoms with E-state index < -0.39 is 10.0 Å². The summed E-state index contributed by atoms with van der Waals surface area (Å²) in [6.45, 7) is 8.36. The Kier molecular flexibility index (Phi) is 11.4. The van der Waals surface area contributed by atoms with Crippen LogP contribution in [0.1, 0.15) is 46.5 Å². The van der Waals surface area contributed by atoms with Crippen molar-refractivity contribution in [2.75, 3.05) is 32.4 Å². The first kappa shape index (κ1) is 22.9. The number of hydrogen-bond donors (Lipinski definition) is 2. The molecule has 138 valence electrons. The van der Waals surface area contributed by atoms with Crippen molar-refractivity contribution in [3.8, 4) is 0 Å². The van der Waals surface area contributed by atoms with Crippen LogP contribution < -0.4 is 10.6 Å². The molecule has 1 rings (SSSR count). The van der Waals surface area contributed by atoms with Crippen molar-refractivity contribution in [3.05, 3.63) is 0 Å². The van der Waals surface area contributed by atoms with E-state index in [9.17, 15) is 8.42 Å². The molecular weight excluding hydrogens is 427 g/mol. The highest BCUT2D eigenvalue weighted by atomic mass is 127. The van der Waals surface area contributed by atoms with Crippen LogP contribution in [0.25, 0.3) is 0 Å². The Hall–Kier alpha value is -0.0900. The summed E-state index contributed by atoms with van der Waals surface area (Å²) in [6, 6.07) is 0.362. The van der Waals surface area contributed by atoms with Crippen LogP contribution in [0.4, 0.5) is 0 Å². The number of rotatable bonds is 8. The summed E-state index contributed by atoms with van der Waals surface area (Å²) in [7, 11) is -1.26. The minimum absolute atomic E-state index is 0. The molecule has 0 aliphatic carbocycles. The maximum Gasteiger partial charge on any atom is 0.214 e. The van der Waals surface area contributed by atoms with Gasteiger partial charge < -0.3 is 10.6 Å². The molecule has 1 aliphatic heterocycles. The fourth-order valence-electron chi connectivity index (χ4n) is 2.57. The number of nitrogens with one attached hydrogen (secondary N) is 2. The van der Waals surface area contributed by atoms with E-state index in [-0.39, 0.29) is 29.7 Å². The third kappa shape index (κ3) is 9.09. The fraction of sp³-hybridized carbons (Fsp3) is 0.933. The van der Waals surface area contributed by atoms with Crippen molar-refractivity contribution in [3.63, 3.8) is 0 Å². The van der Waals surface area contributed by atoms with Crippen LogP contribution in [0.5, 0.6) is 0 Å². The summed E-state index contributed by atoms with van der Waals surface area (Å²) in [4.78, 5) is 4.20. The van der Waals surface area contributed by atoms with Gasteiger partial charge in [-0.25, -0.2) is 12.7 Å². The van der Waals surface area contributed by atoms with Crippen LogP contribution in [-0.2, 0) is 10.0 Å². The molecule has 1 fully saturated rings. The molecule has 6 nitrogen and oxygen atoms in total. The zero-order valence-corrected chi connectivity index (χ0v) is 18.0. The smallest absolute Gasteiger partial charge is 0.214 e. The molecule has 2 N–H and O–H groups in total. The first-order valence-corrected chi connectivity index (χ1v) is 9.91. The van der Waals surface area contributed by atoms with Gasteiger partial charge in [-0.3, -0.25) is 4.99 Å². The Labute approximate surface area is 159 Å². The van der Waals surface area contributed by atoms with Gasteiger partial charge in [-0.1, -0.05) is 26.7 Å². The number of halogens is 1. The van der Waals surface area contributed by atoms with Gasteiger partial charge in [0, 0.05) is 32.7 Å². The minimum Gasteiger partial charge on any atom is -0.355 e. The molecule has 1 heterocycles. The lowest BCUT2D eigenvalue weighted by molar-refractivity contribution is 0.443. The van der Waals surface area contributed by atoms with Crippen LogP contribution in [0, 0.1) is 5.92 Å². The summed E-state index contributed by atoms with van der Waals surface area (Å²) in [6.07, 6.45) is 4.29. The zero-order valence-electron chi connectivity index (χ0n) is 14.8. The van der Waals surface area contributed by atoms with E-state index in [0.29, 0.717) is 25.7 Å².